The van der Waals surface area contributed by atoms with E-state index in [9.17, 15) is 0 Å². The molecule has 3 nitrogen and oxygen atoms in total. The number of rotatable bonds is 2. The van der Waals surface area contributed by atoms with Crippen LogP contribution < -0.4 is 5.73 Å². The minimum atomic E-state index is 0.768. The Morgan fingerprint density at radius 1 is 1.44 bits per heavy atom. The van der Waals surface area contributed by atoms with E-state index in [1.54, 1.807) is 0 Å². The van der Waals surface area contributed by atoms with Crippen LogP contribution in [0.15, 0.2) is 0 Å². The molecule has 1 fully saturated rings. The fraction of sp³-hybridized carbons (Fsp3) is 1.00. The van der Waals surface area contributed by atoms with Gasteiger partial charge in [-0.25, -0.2) is 10.0 Å². The molecule has 0 amide bonds. The van der Waals surface area contributed by atoms with Gasteiger partial charge in [0.25, 0.3) is 0 Å². The van der Waals surface area contributed by atoms with Gasteiger partial charge in [0.15, 0.2) is 0 Å². The number of hydrogen-bond acceptors (Lipinski definition) is 3. The van der Waals surface area contributed by atoms with Crippen LogP contribution in [-0.4, -0.2) is 43.2 Å². The summed E-state index contributed by atoms with van der Waals surface area (Å²) in [5.74, 6) is 0. The van der Waals surface area contributed by atoms with Crippen molar-refractivity contribution in [2.45, 2.75) is 6.42 Å². The van der Waals surface area contributed by atoms with Gasteiger partial charge in [-0.2, -0.15) is 0 Å². The molecule has 1 aliphatic heterocycles. The highest BCUT2D eigenvalue weighted by molar-refractivity contribution is 4.63. The highest BCUT2D eigenvalue weighted by atomic mass is 15.6. The third-order valence-electron chi connectivity index (χ3n) is 1.77. The van der Waals surface area contributed by atoms with Gasteiger partial charge in [0.1, 0.15) is 0 Å². The van der Waals surface area contributed by atoms with Crippen molar-refractivity contribution in [2.24, 2.45) is 5.73 Å². The van der Waals surface area contributed by atoms with Gasteiger partial charge in [-0.05, 0) is 6.42 Å². The second-order valence-corrected chi connectivity index (χ2v) is 2.48. The lowest BCUT2D eigenvalue weighted by molar-refractivity contribution is 0.0600. The first kappa shape index (κ1) is 6.99. The summed E-state index contributed by atoms with van der Waals surface area (Å²) < 4.78 is 0. The zero-order valence-corrected chi connectivity index (χ0v) is 6.01. The summed E-state index contributed by atoms with van der Waals surface area (Å²) in [6.45, 7) is 4.16. The molecule has 2 N–H and O–H groups in total. The van der Waals surface area contributed by atoms with Crippen molar-refractivity contribution in [3.05, 3.63) is 0 Å². The van der Waals surface area contributed by atoms with Crippen LogP contribution in [0.2, 0.25) is 0 Å². The van der Waals surface area contributed by atoms with Crippen molar-refractivity contribution in [1.82, 2.24) is 10.0 Å². The molecule has 0 spiro atoms. The van der Waals surface area contributed by atoms with E-state index in [0.29, 0.717) is 0 Å². The average Bonchev–Trinajstić information content (AvgIpc) is 2.18. The largest absolute Gasteiger partial charge is 0.329 e. The highest BCUT2D eigenvalue weighted by Gasteiger charge is 2.15. The summed E-state index contributed by atoms with van der Waals surface area (Å²) in [7, 11) is 2.11. The molecular weight excluding hydrogens is 114 g/mol. The molecule has 0 unspecified atom stereocenters. The van der Waals surface area contributed by atoms with Crippen LogP contribution >= 0.6 is 0 Å². The molecule has 0 aromatic heterocycles. The first-order chi connectivity index (χ1) is 4.34. The molecular formula is C6H15N3. The topological polar surface area (TPSA) is 32.5 Å². The average molecular weight is 129 g/mol. The summed E-state index contributed by atoms with van der Waals surface area (Å²) in [5.41, 5.74) is 5.40. The monoisotopic (exact) mass is 129 g/mol. The van der Waals surface area contributed by atoms with Gasteiger partial charge in [-0.1, -0.05) is 0 Å². The van der Waals surface area contributed by atoms with Gasteiger partial charge in [0.05, 0.1) is 0 Å². The number of nitrogens with zero attached hydrogens (tertiary/aromatic N) is 2. The first-order valence-corrected chi connectivity index (χ1v) is 3.50. The maximum absolute atomic E-state index is 5.40. The van der Waals surface area contributed by atoms with Crippen LogP contribution in [0, 0.1) is 0 Å². The van der Waals surface area contributed by atoms with Crippen LogP contribution in [0.4, 0.5) is 0 Å². The number of hydrazine groups is 1. The Balaban J connectivity index is 2.22. The molecule has 1 rings (SSSR count). The van der Waals surface area contributed by atoms with Crippen molar-refractivity contribution in [1.29, 1.82) is 0 Å². The van der Waals surface area contributed by atoms with Crippen molar-refractivity contribution < 1.29 is 0 Å². The van der Waals surface area contributed by atoms with Crippen LogP contribution in [0.5, 0.6) is 0 Å². The van der Waals surface area contributed by atoms with Gasteiger partial charge in [-0.15, -0.1) is 0 Å². The van der Waals surface area contributed by atoms with Gasteiger partial charge in [-0.3, -0.25) is 0 Å². The molecule has 0 saturated carbocycles. The molecule has 0 atom stereocenters. The predicted octanol–water partition coefficient (Wildman–Crippen LogP) is -0.502. The van der Waals surface area contributed by atoms with Gasteiger partial charge in [0.2, 0.25) is 0 Å². The first-order valence-electron chi connectivity index (χ1n) is 3.50. The summed E-state index contributed by atoms with van der Waals surface area (Å²) in [4.78, 5) is 0. The Labute approximate surface area is 56.4 Å². The van der Waals surface area contributed by atoms with Crippen LogP contribution in [0.3, 0.4) is 0 Å². The fourth-order valence-corrected chi connectivity index (χ4v) is 1.23. The lowest BCUT2D eigenvalue weighted by Crippen LogP contribution is -2.36. The third kappa shape index (κ3) is 1.64. The minimum Gasteiger partial charge on any atom is -0.329 e. The van der Waals surface area contributed by atoms with E-state index in [2.05, 4.69) is 17.1 Å². The Morgan fingerprint density at radius 3 is 2.67 bits per heavy atom. The van der Waals surface area contributed by atoms with Crippen molar-refractivity contribution in [3.8, 4) is 0 Å². The van der Waals surface area contributed by atoms with E-state index >= 15 is 0 Å². The smallest absolute Gasteiger partial charge is 0.0256 e. The Kier molecular flexibility index (Phi) is 2.45. The Morgan fingerprint density at radius 2 is 2.22 bits per heavy atom. The highest BCUT2D eigenvalue weighted by Crippen LogP contribution is 2.04. The Hall–Kier alpha value is -0.120. The molecule has 0 bridgehead atoms. The molecule has 0 aliphatic carbocycles. The van der Waals surface area contributed by atoms with Crippen LogP contribution in [0.1, 0.15) is 6.42 Å². The maximum atomic E-state index is 5.40. The Bertz CT molecular complexity index is 84.4. The van der Waals surface area contributed by atoms with E-state index in [1.165, 1.54) is 19.5 Å². The zero-order chi connectivity index (χ0) is 6.69. The summed E-state index contributed by atoms with van der Waals surface area (Å²) in [6.07, 6.45) is 1.29. The third-order valence-corrected chi connectivity index (χ3v) is 1.77. The predicted molar refractivity (Wildman–Crippen MR) is 37.9 cm³/mol. The van der Waals surface area contributed by atoms with Crippen molar-refractivity contribution in [3.63, 3.8) is 0 Å². The summed E-state index contributed by atoms with van der Waals surface area (Å²) in [5, 5.41) is 4.53. The van der Waals surface area contributed by atoms with E-state index in [1.807, 2.05) is 0 Å². The lowest BCUT2D eigenvalue weighted by Gasteiger charge is -2.22. The quantitative estimate of drug-likeness (QED) is 0.545. The number of hydrogen-bond donors (Lipinski definition) is 1. The van der Waals surface area contributed by atoms with Gasteiger partial charge < -0.3 is 5.73 Å². The molecule has 3 heteroatoms. The number of nitrogens with two attached hydrogens (primary N) is 1. The second kappa shape index (κ2) is 3.15. The van der Waals surface area contributed by atoms with E-state index in [-0.39, 0.29) is 0 Å². The van der Waals surface area contributed by atoms with Crippen LogP contribution in [-0.2, 0) is 0 Å². The zero-order valence-electron chi connectivity index (χ0n) is 6.01. The molecule has 1 aliphatic rings. The van der Waals surface area contributed by atoms with E-state index < -0.39 is 0 Å². The second-order valence-electron chi connectivity index (χ2n) is 2.48. The van der Waals surface area contributed by atoms with Crippen LogP contribution in [0.25, 0.3) is 0 Å². The standard InChI is InChI=1S/C6H15N3/c1-8-4-2-5-9(8)6-3-7/h2-7H2,1H3. The lowest BCUT2D eigenvalue weighted by atomic mass is 10.4. The van der Waals surface area contributed by atoms with Crippen molar-refractivity contribution in [2.75, 3.05) is 33.2 Å². The maximum Gasteiger partial charge on any atom is 0.0256 e. The summed E-state index contributed by atoms with van der Waals surface area (Å²) in [6, 6.07) is 0. The normalized spacial score (nSPS) is 23.3. The van der Waals surface area contributed by atoms with E-state index in [0.717, 1.165) is 13.1 Å². The molecule has 1 heterocycles. The fourth-order valence-electron chi connectivity index (χ4n) is 1.23. The van der Waals surface area contributed by atoms with E-state index in [4.69, 9.17) is 5.73 Å². The molecule has 1 saturated heterocycles. The molecule has 9 heavy (non-hydrogen) atoms. The van der Waals surface area contributed by atoms with Gasteiger partial charge >= 0.3 is 0 Å². The molecule has 0 radical (unpaired) electrons. The minimum absolute atomic E-state index is 0.768. The SMILES string of the molecule is CN1CCCN1CCN. The molecule has 0 aromatic carbocycles. The van der Waals surface area contributed by atoms with Gasteiger partial charge in [0, 0.05) is 33.2 Å². The van der Waals surface area contributed by atoms with Crippen molar-refractivity contribution >= 4 is 0 Å². The molecule has 0 aromatic rings. The molecule has 54 valence electrons. The summed E-state index contributed by atoms with van der Waals surface area (Å²) >= 11 is 0.